The molecule has 0 saturated carbocycles. The van der Waals surface area contributed by atoms with Gasteiger partial charge in [-0.15, -0.1) is 12.4 Å². The molecular formula is C25H27ClN4O. The number of benzene rings is 2. The van der Waals surface area contributed by atoms with Gasteiger partial charge in [0.15, 0.2) is 5.82 Å². The first kappa shape index (κ1) is 21.2. The number of rotatable bonds is 4. The molecule has 0 bridgehead atoms. The van der Waals surface area contributed by atoms with Gasteiger partial charge in [0.05, 0.1) is 12.6 Å². The molecule has 2 aromatic heterocycles. The van der Waals surface area contributed by atoms with E-state index in [1.165, 1.54) is 22.4 Å². The Balaban J connectivity index is 0.00000231. The van der Waals surface area contributed by atoms with Crippen LogP contribution in [0.2, 0.25) is 0 Å². The van der Waals surface area contributed by atoms with Crippen LogP contribution in [-0.2, 0) is 19.9 Å². The Bertz CT molecular complexity index is 1220. The maximum Gasteiger partial charge on any atom is 0.161 e. The summed E-state index contributed by atoms with van der Waals surface area (Å²) in [5, 5.41) is 0. The smallest absolute Gasteiger partial charge is 0.161 e. The zero-order valence-electron chi connectivity index (χ0n) is 18.1. The van der Waals surface area contributed by atoms with Gasteiger partial charge in [-0.1, -0.05) is 30.3 Å². The molecule has 5 nitrogen and oxygen atoms in total. The van der Waals surface area contributed by atoms with Gasteiger partial charge in [-0.05, 0) is 49.1 Å². The minimum Gasteiger partial charge on any atom is -0.497 e. The van der Waals surface area contributed by atoms with Gasteiger partial charge < -0.3 is 14.2 Å². The Labute approximate surface area is 189 Å². The molecule has 0 N–H and O–H groups in total. The number of fused-ring (bicyclic) bond motifs is 2. The van der Waals surface area contributed by atoms with Crippen molar-refractivity contribution in [1.82, 2.24) is 14.5 Å². The van der Waals surface area contributed by atoms with Gasteiger partial charge >= 0.3 is 0 Å². The Morgan fingerprint density at radius 2 is 1.87 bits per heavy atom. The van der Waals surface area contributed by atoms with Gasteiger partial charge in [0.1, 0.15) is 17.1 Å². The van der Waals surface area contributed by atoms with Gasteiger partial charge in [0.2, 0.25) is 0 Å². The van der Waals surface area contributed by atoms with Crippen LogP contribution < -0.4 is 9.64 Å². The zero-order chi connectivity index (χ0) is 20.7. The molecule has 1 aliphatic heterocycles. The fourth-order valence-corrected chi connectivity index (χ4v) is 4.51. The molecule has 3 heterocycles. The molecule has 0 spiro atoms. The lowest BCUT2D eigenvalue weighted by molar-refractivity contribution is 0.414. The molecule has 5 rings (SSSR count). The third-order valence-electron chi connectivity index (χ3n) is 5.88. The Morgan fingerprint density at radius 3 is 2.65 bits per heavy atom. The molecule has 0 fully saturated rings. The second kappa shape index (κ2) is 8.60. The first-order valence-corrected chi connectivity index (χ1v) is 10.4. The van der Waals surface area contributed by atoms with E-state index in [2.05, 4.69) is 65.2 Å². The van der Waals surface area contributed by atoms with Gasteiger partial charge in [-0.25, -0.2) is 9.97 Å². The van der Waals surface area contributed by atoms with Crippen molar-refractivity contribution in [2.75, 3.05) is 18.6 Å². The number of nitrogens with zero attached hydrogens (tertiary/aromatic N) is 4. The van der Waals surface area contributed by atoms with E-state index in [0.29, 0.717) is 0 Å². The fourth-order valence-electron chi connectivity index (χ4n) is 4.51. The molecule has 160 valence electrons. The number of anilines is 2. The van der Waals surface area contributed by atoms with Crippen LogP contribution >= 0.6 is 12.4 Å². The molecule has 31 heavy (non-hydrogen) atoms. The van der Waals surface area contributed by atoms with E-state index in [1.54, 1.807) is 7.11 Å². The second-order valence-corrected chi connectivity index (χ2v) is 7.97. The van der Waals surface area contributed by atoms with E-state index in [9.17, 15) is 0 Å². The minimum absolute atomic E-state index is 0. The highest BCUT2D eigenvalue weighted by molar-refractivity contribution is 5.92. The summed E-state index contributed by atoms with van der Waals surface area (Å²) in [4.78, 5) is 12.1. The van der Waals surface area contributed by atoms with Gasteiger partial charge in [0, 0.05) is 37.5 Å². The summed E-state index contributed by atoms with van der Waals surface area (Å²) in [5.74, 6) is 2.70. The standard InChI is InChI=1S/C25H26N4O.ClH/c1-17-26-23-20(14-18-8-5-4-6-9-18)16-28(2)24(23)25(27-17)29-13-7-10-19-15-21(30-3)11-12-22(19)29;/h4-6,8-9,11-12,15-16H,7,10,13-14H2,1-3H3;1H. The van der Waals surface area contributed by atoms with Crippen molar-refractivity contribution in [3.63, 3.8) is 0 Å². The fraction of sp³-hybridized carbons (Fsp3) is 0.280. The second-order valence-electron chi connectivity index (χ2n) is 7.97. The lowest BCUT2D eigenvalue weighted by Crippen LogP contribution is -2.26. The normalized spacial score (nSPS) is 13.1. The average molecular weight is 435 g/mol. The van der Waals surface area contributed by atoms with Gasteiger partial charge in [-0.3, -0.25) is 0 Å². The van der Waals surface area contributed by atoms with Gasteiger partial charge in [0.25, 0.3) is 0 Å². The molecule has 0 saturated heterocycles. The highest BCUT2D eigenvalue weighted by atomic mass is 35.5. The van der Waals surface area contributed by atoms with E-state index in [1.807, 2.05) is 13.0 Å². The van der Waals surface area contributed by atoms with Crippen molar-refractivity contribution in [2.45, 2.75) is 26.2 Å². The summed E-state index contributed by atoms with van der Waals surface area (Å²) in [5.41, 5.74) is 7.19. The Hall–Kier alpha value is -3.05. The molecule has 0 amide bonds. The largest absolute Gasteiger partial charge is 0.497 e. The molecule has 0 aliphatic carbocycles. The molecular weight excluding hydrogens is 408 g/mol. The van der Waals surface area contributed by atoms with E-state index < -0.39 is 0 Å². The van der Waals surface area contributed by atoms with Crippen molar-refractivity contribution >= 4 is 34.9 Å². The third kappa shape index (κ3) is 3.86. The van der Waals surface area contributed by atoms with Crippen LogP contribution in [-0.4, -0.2) is 28.2 Å². The minimum atomic E-state index is 0. The number of ether oxygens (including phenoxy) is 1. The summed E-state index contributed by atoms with van der Waals surface area (Å²) in [6.07, 6.45) is 5.21. The van der Waals surface area contributed by atoms with E-state index >= 15 is 0 Å². The molecule has 4 aromatic rings. The lowest BCUT2D eigenvalue weighted by Gasteiger charge is -2.31. The van der Waals surface area contributed by atoms with Crippen LogP contribution in [0.4, 0.5) is 11.5 Å². The van der Waals surface area contributed by atoms with Crippen molar-refractivity contribution in [3.05, 3.63) is 77.2 Å². The lowest BCUT2D eigenvalue weighted by atomic mass is 10.0. The summed E-state index contributed by atoms with van der Waals surface area (Å²) in [7, 11) is 3.82. The monoisotopic (exact) mass is 434 g/mol. The van der Waals surface area contributed by atoms with Crippen LogP contribution in [0.15, 0.2) is 54.7 Å². The first-order valence-electron chi connectivity index (χ1n) is 10.4. The molecule has 0 atom stereocenters. The van der Waals surface area contributed by atoms with Gasteiger partial charge in [-0.2, -0.15) is 0 Å². The van der Waals surface area contributed by atoms with Crippen LogP contribution in [0.25, 0.3) is 11.0 Å². The number of hydrogen-bond donors (Lipinski definition) is 0. The number of aromatic nitrogens is 3. The van der Waals surface area contributed by atoms with Crippen molar-refractivity contribution in [2.24, 2.45) is 7.05 Å². The zero-order valence-corrected chi connectivity index (χ0v) is 18.9. The number of methoxy groups -OCH3 is 1. The predicted molar refractivity (Wildman–Crippen MR) is 128 cm³/mol. The molecule has 2 aromatic carbocycles. The average Bonchev–Trinajstić information content (AvgIpc) is 3.08. The molecule has 0 unspecified atom stereocenters. The summed E-state index contributed by atoms with van der Waals surface area (Å²) in [6, 6.07) is 16.9. The quantitative estimate of drug-likeness (QED) is 0.432. The molecule has 0 radical (unpaired) electrons. The highest BCUT2D eigenvalue weighted by Crippen LogP contribution is 2.38. The molecule has 1 aliphatic rings. The van der Waals surface area contributed by atoms with Crippen LogP contribution in [0.1, 0.15) is 28.9 Å². The SMILES string of the molecule is COc1ccc2c(c1)CCCN2c1nc(C)nc2c(Cc3ccccc3)cn(C)c12.Cl. The summed E-state index contributed by atoms with van der Waals surface area (Å²) < 4.78 is 7.62. The number of halogens is 1. The summed E-state index contributed by atoms with van der Waals surface area (Å²) in [6.45, 7) is 2.94. The third-order valence-corrected chi connectivity index (χ3v) is 5.88. The maximum absolute atomic E-state index is 5.44. The van der Waals surface area contributed by atoms with E-state index in [0.717, 1.165) is 54.2 Å². The Kier molecular flexibility index (Phi) is 5.88. The van der Waals surface area contributed by atoms with Crippen molar-refractivity contribution < 1.29 is 4.74 Å². The maximum atomic E-state index is 5.44. The highest BCUT2D eigenvalue weighted by Gasteiger charge is 2.24. The Morgan fingerprint density at radius 1 is 1.06 bits per heavy atom. The summed E-state index contributed by atoms with van der Waals surface area (Å²) >= 11 is 0. The van der Waals surface area contributed by atoms with Crippen molar-refractivity contribution in [3.8, 4) is 5.75 Å². The van der Waals surface area contributed by atoms with Crippen LogP contribution in [0, 0.1) is 6.92 Å². The number of hydrogen-bond acceptors (Lipinski definition) is 4. The predicted octanol–water partition coefficient (Wildman–Crippen LogP) is 5.38. The van der Waals surface area contributed by atoms with Crippen LogP contribution in [0.5, 0.6) is 5.75 Å². The van der Waals surface area contributed by atoms with E-state index in [4.69, 9.17) is 14.7 Å². The first-order chi connectivity index (χ1) is 14.6. The van der Waals surface area contributed by atoms with E-state index in [-0.39, 0.29) is 12.4 Å². The number of aryl methyl sites for hydroxylation is 3. The molecule has 6 heteroatoms. The topological polar surface area (TPSA) is 43.2 Å². The van der Waals surface area contributed by atoms with Crippen molar-refractivity contribution in [1.29, 1.82) is 0 Å². The van der Waals surface area contributed by atoms with Crippen LogP contribution in [0.3, 0.4) is 0 Å².